The van der Waals surface area contributed by atoms with E-state index in [-0.39, 0.29) is 5.91 Å². The van der Waals surface area contributed by atoms with Crippen molar-refractivity contribution < 1.29 is 14.3 Å². The fourth-order valence-electron chi connectivity index (χ4n) is 2.36. The van der Waals surface area contributed by atoms with E-state index in [4.69, 9.17) is 9.47 Å². The Hall–Kier alpha value is -2.69. The van der Waals surface area contributed by atoms with Crippen LogP contribution in [-0.2, 0) is 0 Å². The van der Waals surface area contributed by atoms with Gasteiger partial charge >= 0.3 is 0 Å². The minimum atomic E-state index is -0.148. The van der Waals surface area contributed by atoms with Crippen molar-refractivity contribution in [1.82, 2.24) is 0 Å². The van der Waals surface area contributed by atoms with Crippen molar-refractivity contribution in [2.45, 2.75) is 6.42 Å². The molecule has 1 heterocycles. The van der Waals surface area contributed by atoms with E-state index in [0.29, 0.717) is 30.2 Å². The van der Waals surface area contributed by atoms with E-state index in [1.165, 1.54) is 0 Å². The van der Waals surface area contributed by atoms with Gasteiger partial charge in [-0.1, -0.05) is 0 Å². The largest absolute Gasteiger partial charge is 0.490 e. The zero-order chi connectivity index (χ0) is 16.2. The highest BCUT2D eigenvalue weighted by atomic mass is 16.5. The minimum absolute atomic E-state index is 0.148. The van der Waals surface area contributed by atoms with E-state index in [9.17, 15) is 4.79 Å². The number of carbonyl (C=O) groups is 1. The Morgan fingerprint density at radius 2 is 1.70 bits per heavy atom. The number of ether oxygens (including phenoxy) is 2. The highest BCUT2D eigenvalue weighted by Crippen LogP contribution is 2.32. The fraction of sp³-hybridized carbons (Fsp3) is 0.278. The standard InChI is InChI=1S/C18H20N2O3/c1-20(2)15-7-4-13(5-8-15)18(21)19-14-6-9-16-17(12-14)23-11-3-10-22-16/h4-9,12H,3,10-11H2,1-2H3,(H,19,21). The van der Waals surface area contributed by atoms with Gasteiger partial charge in [-0.2, -0.15) is 0 Å². The molecule has 3 rings (SSSR count). The summed E-state index contributed by atoms with van der Waals surface area (Å²) in [6.45, 7) is 1.27. The number of nitrogens with zero attached hydrogens (tertiary/aromatic N) is 1. The lowest BCUT2D eigenvalue weighted by molar-refractivity contribution is 0.102. The molecule has 0 fully saturated rings. The summed E-state index contributed by atoms with van der Waals surface area (Å²) in [6, 6.07) is 12.9. The first-order valence-electron chi connectivity index (χ1n) is 7.62. The van der Waals surface area contributed by atoms with Crippen LogP contribution in [0, 0.1) is 0 Å². The van der Waals surface area contributed by atoms with E-state index in [1.807, 2.05) is 55.4 Å². The number of rotatable bonds is 3. The van der Waals surface area contributed by atoms with Crippen LogP contribution in [0.1, 0.15) is 16.8 Å². The predicted octanol–water partition coefficient (Wildman–Crippen LogP) is 3.17. The molecule has 0 aromatic heterocycles. The van der Waals surface area contributed by atoms with Gasteiger partial charge in [-0.05, 0) is 36.4 Å². The van der Waals surface area contributed by atoms with Gasteiger partial charge in [0.2, 0.25) is 0 Å². The molecule has 0 spiro atoms. The number of nitrogens with one attached hydrogen (secondary N) is 1. The first kappa shape index (κ1) is 15.2. The van der Waals surface area contributed by atoms with E-state index < -0.39 is 0 Å². The molecule has 23 heavy (non-hydrogen) atoms. The van der Waals surface area contributed by atoms with Gasteiger partial charge in [-0.25, -0.2) is 0 Å². The second kappa shape index (κ2) is 6.60. The third kappa shape index (κ3) is 3.56. The summed E-state index contributed by atoms with van der Waals surface area (Å²) in [5.41, 5.74) is 2.36. The van der Waals surface area contributed by atoms with Gasteiger partial charge < -0.3 is 19.7 Å². The zero-order valence-corrected chi connectivity index (χ0v) is 13.3. The van der Waals surface area contributed by atoms with Crippen LogP contribution in [0.4, 0.5) is 11.4 Å². The van der Waals surface area contributed by atoms with Crippen molar-refractivity contribution in [3.05, 3.63) is 48.0 Å². The van der Waals surface area contributed by atoms with Crippen molar-refractivity contribution in [3.8, 4) is 11.5 Å². The van der Waals surface area contributed by atoms with Gasteiger partial charge in [0, 0.05) is 43.5 Å². The highest BCUT2D eigenvalue weighted by Gasteiger charge is 2.12. The lowest BCUT2D eigenvalue weighted by atomic mass is 10.2. The molecular weight excluding hydrogens is 292 g/mol. The van der Waals surface area contributed by atoms with E-state index in [0.717, 1.165) is 17.9 Å². The van der Waals surface area contributed by atoms with Crippen LogP contribution < -0.4 is 19.7 Å². The summed E-state index contributed by atoms with van der Waals surface area (Å²) >= 11 is 0. The Morgan fingerprint density at radius 3 is 2.39 bits per heavy atom. The fourth-order valence-corrected chi connectivity index (χ4v) is 2.36. The molecule has 1 aliphatic rings. The number of anilines is 2. The lowest BCUT2D eigenvalue weighted by Gasteiger charge is -2.13. The molecule has 2 aromatic rings. The summed E-state index contributed by atoms with van der Waals surface area (Å²) in [7, 11) is 3.93. The van der Waals surface area contributed by atoms with Crippen molar-refractivity contribution in [3.63, 3.8) is 0 Å². The van der Waals surface area contributed by atoms with E-state index in [1.54, 1.807) is 6.07 Å². The molecule has 2 aromatic carbocycles. The predicted molar refractivity (Wildman–Crippen MR) is 90.8 cm³/mol. The molecule has 1 amide bonds. The highest BCUT2D eigenvalue weighted by molar-refractivity contribution is 6.04. The van der Waals surface area contributed by atoms with Crippen molar-refractivity contribution in [2.75, 3.05) is 37.5 Å². The number of amides is 1. The van der Waals surface area contributed by atoms with Crippen LogP contribution in [0.5, 0.6) is 11.5 Å². The number of hydrogen-bond acceptors (Lipinski definition) is 4. The average Bonchev–Trinajstić information content (AvgIpc) is 2.79. The summed E-state index contributed by atoms with van der Waals surface area (Å²) in [4.78, 5) is 14.3. The van der Waals surface area contributed by atoms with Crippen LogP contribution in [0.15, 0.2) is 42.5 Å². The van der Waals surface area contributed by atoms with Gasteiger partial charge in [0.15, 0.2) is 11.5 Å². The molecule has 0 saturated heterocycles. The van der Waals surface area contributed by atoms with Crippen LogP contribution in [0.2, 0.25) is 0 Å². The van der Waals surface area contributed by atoms with Gasteiger partial charge in [0.25, 0.3) is 5.91 Å². The maximum absolute atomic E-state index is 12.3. The first-order valence-corrected chi connectivity index (χ1v) is 7.62. The molecule has 0 saturated carbocycles. The maximum Gasteiger partial charge on any atom is 0.255 e. The topological polar surface area (TPSA) is 50.8 Å². The molecule has 0 atom stereocenters. The van der Waals surface area contributed by atoms with Crippen LogP contribution >= 0.6 is 0 Å². The second-order valence-corrected chi connectivity index (χ2v) is 5.61. The first-order chi connectivity index (χ1) is 11.1. The molecule has 0 radical (unpaired) electrons. The zero-order valence-electron chi connectivity index (χ0n) is 13.3. The molecule has 5 nitrogen and oxygen atoms in total. The van der Waals surface area contributed by atoms with Crippen LogP contribution in [-0.4, -0.2) is 33.2 Å². The van der Waals surface area contributed by atoms with Gasteiger partial charge in [-0.3, -0.25) is 4.79 Å². The molecule has 0 bridgehead atoms. The Kier molecular flexibility index (Phi) is 4.37. The number of carbonyl (C=O) groups excluding carboxylic acids is 1. The summed E-state index contributed by atoms with van der Waals surface area (Å²) in [6.07, 6.45) is 0.856. The van der Waals surface area contributed by atoms with Crippen molar-refractivity contribution in [2.24, 2.45) is 0 Å². The second-order valence-electron chi connectivity index (χ2n) is 5.61. The van der Waals surface area contributed by atoms with Gasteiger partial charge in [0.1, 0.15) is 0 Å². The quantitative estimate of drug-likeness (QED) is 0.946. The number of fused-ring (bicyclic) bond motifs is 1. The summed E-state index contributed by atoms with van der Waals surface area (Å²) in [5.74, 6) is 1.24. The van der Waals surface area contributed by atoms with Crippen molar-refractivity contribution in [1.29, 1.82) is 0 Å². The Morgan fingerprint density at radius 1 is 1.00 bits per heavy atom. The average molecular weight is 312 g/mol. The summed E-state index contributed by atoms with van der Waals surface area (Å²) in [5, 5.41) is 2.89. The molecule has 1 N–H and O–H groups in total. The normalized spacial score (nSPS) is 13.1. The number of benzene rings is 2. The molecular formula is C18H20N2O3. The smallest absolute Gasteiger partial charge is 0.255 e. The molecule has 0 unspecified atom stereocenters. The minimum Gasteiger partial charge on any atom is -0.490 e. The molecule has 1 aliphatic heterocycles. The third-order valence-corrected chi connectivity index (χ3v) is 3.65. The monoisotopic (exact) mass is 312 g/mol. The van der Waals surface area contributed by atoms with Gasteiger partial charge in [-0.15, -0.1) is 0 Å². The molecule has 0 aliphatic carbocycles. The van der Waals surface area contributed by atoms with Gasteiger partial charge in [0.05, 0.1) is 13.2 Å². The number of hydrogen-bond donors (Lipinski definition) is 1. The Labute approximate surface area is 135 Å². The van der Waals surface area contributed by atoms with Crippen LogP contribution in [0.3, 0.4) is 0 Å². The SMILES string of the molecule is CN(C)c1ccc(C(=O)Nc2ccc3c(c2)OCCCO3)cc1. The summed E-state index contributed by atoms with van der Waals surface area (Å²) < 4.78 is 11.2. The maximum atomic E-state index is 12.3. The molecule has 5 heteroatoms. The third-order valence-electron chi connectivity index (χ3n) is 3.65. The Bertz CT molecular complexity index is 696. The van der Waals surface area contributed by atoms with Crippen LogP contribution in [0.25, 0.3) is 0 Å². The van der Waals surface area contributed by atoms with E-state index >= 15 is 0 Å². The van der Waals surface area contributed by atoms with E-state index in [2.05, 4.69) is 5.32 Å². The van der Waals surface area contributed by atoms with Crippen molar-refractivity contribution >= 4 is 17.3 Å². The molecule has 120 valence electrons. The lowest BCUT2D eigenvalue weighted by Crippen LogP contribution is -2.13. The Balaban J connectivity index is 1.73.